The van der Waals surface area contributed by atoms with Crippen LogP contribution in [-0.4, -0.2) is 67.5 Å². The average molecular weight is 431 g/mol. The Kier molecular flexibility index (Phi) is 7.70. The van der Waals surface area contributed by atoms with Crippen LogP contribution >= 0.6 is 0 Å². The Morgan fingerprint density at radius 3 is 2.39 bits per heavy atom. The van der Waals surface area contributed by atoms with Crippen molar-refractivity contribution in [2.75, 3.05) is 6.61 Å². The van der Waals surface area contributed by atoms with Crippen LogP contribution in [-0.2, 0) is 24.1 Å². The van der Waals surface area contributed by atoms with Crippen LogP contribution in [0, 0.1) is 18.8 Å². The maximum atomic E-state index is 10.3. The first-order valence-corrected chi connectivity index (χ1v) is 10.4. The minimum atomic E-state index is -1.52. The van der Waals surface area contributed by atoms with Crippen LogP contribution in [0.5, 0.6) is 5.88 Å². The Labute approximate surface area is 182 Å². The molecule has 1 aromatic heterocycles. The molecule has 1 aliphatic rings. The van der Waals surface area contributed by atoms with E-state index in [1.807, 2.05) is 6.92 Å². The number of aliphatic hydroxyl groups excluding tert-OH is 4. The number of hydrogen-bond donors (Lipinski definition) is 4. The van der Waals surface area contributed by atoms with Crippen molar-refractivity contribution < 1.29 is 29.9 Å². The van der Waals surface area contributed by atoms with E-state index in [1.165, 1.54) is 5.56 Å². The summed E-state index contributed by atoms with van der Waals surface area (Å²) in [5.41, 5.74) is 3.98. The highest BCUT2D eigenvalue weighted by Crippen LogP contribution is 2.29. The SMILES string of the molecule is CC#CCn1nc(O[C@@H]2O[C@H](CO)[C@@H](O)[C@H](O)[C@H]2O)c(Cc2ccc(CC)cc2)c1C. The molecule has 4 N–H and O–H groups in total. The largest absolute Gasteiger partial charge is 0.443 e. The maximum absolute atomic E-state index is 10.3. The van der Waals surface area contributed by atoms with Gasteiger partial charge in [0.25, 0.3) is 0 Å². The van der Waals surface area contributed by atoms with E-state index in [2.05, 4.69) is 48.1 Å². The molecule has 31 heavy (non-hydrogen) atoms. The zero-order chi connectivity index (χ0) is 22.5. The molecule has 8 nitrogen and oxygen atoms in total. The lowest BCUT2D eigenvalue weighted by molar-refractivity contribution is -0.278. The standard InChI is InChI=1S/C23H30N2O6/c1-4-6-11-25-14(3)17(12-16-9-7-15(5-2)8-10-16)22(24-25)31-23-21(29)20(28)19(27)18(13-26)30-23/h7-10,18-21,23,26-29H,5,11-13H2,1-3H3/t18-,19-,20+,21-,23+/m1/s1. The van der Waals surface area contributed by atoms with Crippen LogP contribution in [0.25, 0.3) is 0 Å². The minimum Gasteiger partial charge on any atom is -0.443 e. The van der Waals surface area contributed by atoms with Crippen LogP contribution in [0.3, 0.4) is 0 Å². The normalized spacial score (nSPS) is 25.7. The van der Waals surface area contributed by atoms with Gasteiger partial charge in [0.1, 0.15) is 31.0 Å². The molecule has 0 saturated carbocycles. The van der Waals surface area contributed by atoms with E-state index in [9.17, 15) is 20.4 Å². The van der Waals surface area contributed by atoms with Gasteiger partial charge in [-0.2, -0.15) is 0 Å². The zero-order valence-electron chi connectivity index (χ0n) is 18.0. The molecule has 3 rings (SSSR count). The molecule has 1 aliphatic heterocycles. The number of nitrogens with zero attached hydrogens (tertiary/aromatic N) is 2. The molecule has 1 saturated heterocycles. The predicted molar refractivity (Wildman–Crippen MR) is 113 cm³/mol. The molecule has 1 aromatic carbocycles. The van der Waals surface area contributed by atoms with Gasteiger partial charge >= 0.3 is 0 Å². The molecule has 0 unspecified atom stereocenters. The average Bonchev–Trinajstić information content (AvgIpc) is 3.07. The first kappa shape index (κ1) is 23.3. The van der Waals surface area contributed by atoms with Gasteiger partial charge in [0, 0.05) is 17.7 Å². The van der Waals surface area contributed by atoms with Gasteiger partial charge in [0.2, 0.25) is 12.2 Å². The molecule has 8 heteroatoms. The fraction of sp³-hybridized carbons (Fsp3) is 0.522. The van der Waals surface area contributed by atoms with E-state index in [0.29, 0.717) is 13.0 Å². The van der Waals surface area contributed by atoms with Crippen molar-refractivity contribution in [1.29, 1.82) is 0 Å². The van der Waals surface area contributed by atoms with Gasteiger partial charge in [-0.15, -0.1) is 11.0 Å². The summed E-state index contributed by atoms with van der Waals surface area (Å²) in [7, 11) is 0. The van der Waals surface area contributed by atoms with E-state index in [1.54, 1.807) is 11.6 Å². The third kappa shape index (κ3) is 5.09. The summed E-state index contributed by atoms with van der Waals surface area (Å²) in [5.74, 6) is 6.07. The molecule has 2 aromatic rings. The Bertz CT molecular complexity index is 928. The maximum Gasteiger partial charge on any atom is 0.239 e. The molecule has 168 valence electrons. The van der Waals surface area contributed by atoms with Crippen LogP contribution in [0.2, 0.25) is 0 Å². The molecule has 0 amide bonds. The fourth-order valence-electron chi connectivity index (χ4n) is 3.53. The molecule has 0 spiro atoms. The van der Waals surface area contributed by atoms with Crippen LogP contribution in [0.15, 0.2) is 24.3 Å². The molecule has 0 bridgehead atoms. The van der Waals surface area contributed by atoms with E-state index in [4.69, 9.17) is 9.47 Å². The molecule has 5 atom stereocenters. The monoisotopic (exact) mass is 430 g/mol. The highest BCUT2D eigenvalue weighted by molar-refractivity contribution is 5.37. The molecule has 0 radical (unpaired) electrons. The van der Waals surface area contributed by atoms with Crippen LogP contribution in [0.1, 0.15) is 36.2 Å². The summed E-state index contributed by atoms with van der Waals surface area (Å²) in [6.07, 6.45) is -5.32. The van der Waals surface area contributed by atoms with Gasteiger partial charge in [-0.3, -0.25) is 4.68 Å². The molecule has 2 heterocycles. The van der Waals surface area contributed by atoms with Crippen molar-refractivity contribution in [3.8, 4) is 17.7 Å². The zero-order valence-corrected chi connectivity index (χ0v) is 18.0. The summed E-state index contributed by atoms with van der Waals surface area (Å²) in [4.78, 5) is 0. The Morgan fingerprint density at radius 1 is 1.10 bits per heavy atom. The Hall–Kier alpha value is -2.41. The topological polar surface area (TPSA) is 117 Å². The highest BCUT2D eigenvalue weighted by Gasteiger charge is 2.45. The number of hydrogen-bond acceptors (Lipinski definition) is 7. The van der Waals surface area contributed by atoms with E-state index in [-0.39, 0.29) is 5.88 Å². The number of aliphatic hydroxyl groups is 4. The van der Waals surface area contributed by atoms with E-state index < -0.39 is 37.3 Å². The number of benzene rings is 1. The summed E-state index contributed by atoms with van der Waals surface area (Å²) >= 11 is 0. The van der Waals surface area contributed by atoms with Crippen molar-refractivity contribution in [3.63, 3.8) is 0 Å². The Morgan fingerprint density at radius 2 is 1.77 bits per heavy atom. The van der Waals surface area contributed by atoms with Gasteiger partial charge in [-0.05, 0) is 31.4 Å². The van der Waals surface area contributed by atoms with Gasteiger partial charge in [0.05, 0.1) is 6.61 Å². The second-order valence-electron chi connectivity index (χ2n) is 7.62. The molecule has 1 fully saturated rings. The van der Waals surface area contributed by atoms with Gasteiger partial charge in [-0.25, -0.2) is 0 Å². The van der Waals surface area contributed by atoms with E-state index in [0.717, 1.165) is 23.2 Å². The lowest BCUT2D eigenvalue weighted by atomic mass is 9.99. The predicted octanol–water partition coefficient (Wildman–Crippen LogP) is 0.547. The Balaban J connectivity index is 1.90. The van der Waals surface area contributed by atoms with Crippen molar-refractivity contribution >= 4 is 0 Å². The number of aromatic nitrogens is 2. The van der Waals surface area contributed by atoms with Gasteiger partial charge in [-0.1, -0.05) is 37.1 Å². The van der Waals surface area contributed by atoms with Crippen LogP contribution < -0.4 is 4.74 Å². The van der Waals surface area contributed by atoms with Crippen molar-refractivity contribution in [3.05, 3.63) is 46.6 Å². The van der Waals surface area contributed by atoms with E-state index >= 15 is 0 Å². The third-order valence-corrected chi connectivity index (χ3v) is 5.59. The summed E-state index contributed by atoms with van der Waals surface area (Å²) in [6, 6.07) is 8.27. The summed E-state index contributed by atoms with van der Waals surface area (Å²) in [6.45, 7) is 5.62. The van der Waals surface area contributed by atoms with Gasteiger partial charge in [0.15, 0.2) is 0 Å². The lowest BCUT2D eigenvalue weighted by Crippen LogP contribution is -2.60. The van der Waals surface area contributed by atoms with Crippen molar-refractivity contribution in [1.82, 2.24) is 9.78 Å². The van der Waals surface area contributed by atoms with Gasteiger partial charge < -0.3 is 29.9 Å². The second-order valence-corrected chi connectivity index (χ2v) is 7.62. The molecule has 0 aliphatic carbocycles. The number of ether oxygens (including phenoxy) is 2. The summed E-state index contributed by atoms with van der Waals surface area (Å²) in [5, 5.41) is 44.3. The summed E-state index contributed by atoms with van der Waals surface area (Å²) < 4.78 is 13.1. The second kappa shape index (κ2) is 10.3. The van der Waals surface area contributed by atoms with Crippen molar-refractivity contribution in [2.45, 2.75) is 70.9 Å². The quantitative estimate of drug-likeness (QED) is 0.474. The molecular weight excluding hydrogens is 400 g/mol. The third-order valence-electron chi connectivity index (χ3n) is 5.59. The lowest BCUT2D eigenvalue weighted by Gasteiger charge is -2.39. The van der Waals surface area contributed by atoms with Crippen molar-refractivity contribution in [2.24, 2.45) is 0 Å². The first-order valence-electron chi connectivity index (χ1n) is 10.4. The van der Waals surface area contributed by atoms with Crippen LogP contribution in [0.4, 0.5) is 0 Å². The highest BCUT2D eigenvalue weighted by atomic mass is 16.7. The smallest absolute Gasteiger partial charge is 0.239 e. The fourth-order valence-corrected chi connectivity index (χ4v) is 3.53. The molecular formula is C23H30N2O6. The number of rotatable bonds is 7. The first-order chi connectivity index (χ1) is 14.9. The number of aryl methyl sites for hydroxylation is 1. The minimum absolute atomic E-state index is 0.249.